The second kappa shape index (κ2) is 8.16. The SMILES string of the molecule is COc1cccc(C(=O)Nc2ccc(NCc3ccccc3C)cn2)c1. The molecule has 3 aromatic rings. The lowest BCUT2D eigenvalue weighted by Gasteiger charge is -2.10. The van der Waals surface area contributed by atoms with Crippen molar-refractivity contribution in [2.45, 2.75) is 13.5 Å². The maximum absolute atomic E-state index is 12.3. The van der Waals surface area contributed by atoms with Crippen molar-refractivity contribution in [3.63, 3.8) is 0 Å². The second-order valence-corrected chi connectivity index (χ2v) is 5.90. The molecule has 1 heterocycles. The van der Waals surface area contributed by atoms with Crippen LogP contribution < -0.4 is 15.4 Å². The Kier molecular flexibility index (Phi) is 5.49. The number of amides is 1. The quantitative estimate of drug-likeness (QED) is 0.699. The maximum Gasteiger partial charge on any atom is 0.256 e. The molecule has 0 atom stereocenters. The summed E-state index contributed by atoms with van der Waals surface area (Å²) < 4.78 is 5.14. The van der Waals surface area contributed by atoms with Crippen LogP contribution in [0.15, 0.2) is 66.9 Å². The van der Waals surface area contributed by atoms with E-state index in [1.165, 1.54) is 11.1 Å². The average Bonchev–Trinajstić information content (AvgIpc) is 2.68. The second-order valence-electron chi connectivity index (χ2n) is 5.90. The molecular formula is C21H21N3O2. The Balaban J connectivity index is 1.60. The van der Waals surface area contributed by atoms with Gasteiger partial charge in [-0.15, -0.1) is 0 Å². The molecule has 0 aliphatic carbocycles. The molecule has 2 aromatic carbocycles. The highest BCUT2D eigenvalue weighted by Gasteiger charge is 2.08. The number of hydrogen-bond acceptors (Lipinski definition) is 4. The number of anilines is 2. The van der Waals surface area contributed by atoms with E-state index in [9.17, 15) is 4.79 Å². The van der Waals surface area contributed by atoms with Gasteiger partial charge < -0.3 is 15.4 Å². The summed E-state index contributed by atoms with van der Waals surface area (Å²) >= 11 is 0. The van der Waals surface area contributed by atoms with Gasteiger partial charge in [0.05, 0.1) is 19.0 Å². The standard InChI is InChI=1S/C21H21N3O2/c1-15-6-3-4-7-17(15)13-22-18-10-11-20(23-14-18)24-21(25)16-8-5-9-19(12-16)26-2/h3-12,14,22H,13H2,1-2H3,(H,23,24,25). The molecule has 3 rings (SSSR count). The monoisotopic (exact) mass is 347 g/mol. The number of carbonyl (C=O) groups is 1. The van der Waals surface area contributed by atoms with Gasteiger partial charge >= 0.3 is 0 Å². The minimum Gasteiger partial charge on any atom is -0.497 e. The number of methoxy groups -OCH3 is 1. The maximum atomic E-state index is 12.3. The van der Waals surface area contributed by atoms with Gasteiger partial charge in [-0.1, -0.05) is 30.3 Å². The summed E-state index contributed by atoms with van der Waals surface area (Å²) in [7, 11) is 1.57. The van der Waals surface area contributed by atoms with Crippen molar-refractivity contribution in [3.05, 3.63) is 83.6 Å². The number of ether oxygens (including phenoxy) is 1. The van der Waals surface area contributed by atoms with Gasteiger partial charge in [-0.2, -0.15) is 0 Å². The number of pyridine rings is 1. The molecule has 0 aliphatic rings. The summed E-state index contributed by atoms with van der Waals surface area (Å²) in [6, 6.07) is 18.9. The topological polar surface area (TPSA) is 63.2 Å². The first kappa shape index (κ1) is 17.5. The van der Waals surface area contributed by atoms with Gasteiger partial charge in [0.15, 0.2) is 0 Å². The Morgan fingerprint density at radius 1 is 1.08 bits per heavy atom. The van der Waals surface area contributed by atoms with Gasteiger partial charge in [-0.05, 0) is 48.4 Å². The fourth-order valence-electron chi connectivity index (χ4n) is 2.53. The predicted octanol–water partition coefficient (Wildman–Crippen LogP) is 4.26. The van der Waals surface area contributed by atoms with Crippen LogP contribution in [0.4, 0.5) is 11.5 Å². The largest absolute Gasteiger partial charge is 0.497 e. The van der Waals surface area contributed by atoms with Crippen LogP contribution in [0.25, 0.3) is 0 Å². The molecule has 5 nitrogen and oxygen atoms in total. The normalized spacial score (nSPS) is 10.2. The molecule has 0 radical (unpaired) electrons. The van der Waals surface area contributed by atoms with Crippen LogP contribution in [0.1, 0.15) is 21.5 Å². The predicted molar refractivity (Wildman–Crippen MR) is 104 cm³/mol. The number of benzene rings is 2. The van der Waals surface area contributed by atoms with Crippen molar-refractivity contribution in [1.29, 1.82) is 0 Å². The first-order valence-corrected chi connectivity index (χ1v) is 8.35. The first-order valence-electron chi connectivity index (χ1n) is 8.35. The summed E-state index contributed by atoms with van der Waals surface area (Å²) in [4.78, 5) is 16.6. The molecule has 26 heavy (non-hydrogen) atoms. The van der Waals surface area contributed by atoms with E-state index >= 15 is 0 Å². The van der Waals surface area contributed by atoms with E-state index in [1.54, 1.807) is 43.6 Å². The lowest BCUT2D eigenvalue weighted by molar-refractivity contribution is 0.102. The molecule has 0 spiro atoms. The first-order chi connectivity index (χ1) is 12.7. The van der Waals surface area contributed by atoms with Crippen molar-refractivity contribution in [1.82, 2.24) is 4.98 Å². The smallest absolute Gasteiger partial charge is 0.256 e. The fourth-order valence-corrected chi connectivity index (χ4v) is 2.53. The van der Waals surface area contributed by atoms with Crippen LogP contribution in [0, 0.1) is 6.92 Å². The number of nitrogens with one attached hydrogen (secondary N) is 2. The zero-order valence-corrected chi connectivity index (χ0v) is 14.8. The Hall–Kier alpha value is -3.34. The Bertz CT molecular complexity index is 892. The molecule has 0 aliphatic heterocycles. The number of hydrogen-bond donors (Lipinski definition) is 2. The number of carbonyl (C=O) groups excluding carboxylic acids is 1. The highest BCUT2D eigenvalue weighted by atomic mass is 16.5. The summed E-state index contributed by atoms with van der Waals surface area (Å²) in [6.07, 6.45) is 1.71. The molecule has 0 bridgehead atoms. The molecule has 0 saturated carbocycles. The number of rotatable bonds is 6. The Morgan fingerprint density at radius 3 is 2.65 bits per heavy atom. The summed E-state index contributed by atoms with van der Waals surface area (Å²) in [5.74, 6) is 0.914. The lowest BCUT2D eigenvalue weighted by atomic mass is 10.1. The number of nitrogens with zero attached hydrogens (tertiary/aromatic N) is 1. The zero-order chi connectivity index (χ0) is 18.4. The van der Waals surface area contributed by atoms with Gasteiger partial charge in [0, 0.05) is 12.1 Å². The van der Waals surface area contributed by atoms with Gasteiger partial charge in [0.25, 0.3) is 5.91 Å². The molecule has 1 aromatic heterocycles. The third-order valence-corrected chi connectivity index (χ3v) is 4.08. The summed E-state index contributed by atoms with van der Waals surface area (Å²) in [6.45, 7) is 2.82. The zero-order valence-electron chi connectivity index (χ0n) is 14.8. The van der Waals surface area contributed by atoms with E-state index in [0.29, 0.717) is 17.1 Å². The minimum absolute atomic E-state index is 0.225. The van der Waals surface area contributed by atoms with Crippen LogP contribution in [0.5, 0.6) is 5.75 Å². The van der Waals surface area contributed by atoms with Crippen molar-refractivity contribution < 1.29 is 9.53 Å². The van der Waals surface area contributed by atoms with Crippen LogP contribution in [-0.4, -0.2) is 18.0 Å². The highest BCUT2D eigenvalue weighted by Crippen LogP contribution is 2.16. The average molecular weight is 347 g/mol. The highest BCUT2D eigenvalue weighted by molar-refractivity contribution is 6.04. The molecule has 0 fully saturated rings. The van der Waals surface area contributed by atoms with Crippen molar-refractivity contribution in [2.24, 2.45) is 0 Å². The van der Waals surface area contributed by atoms with E-state index in [4.69, 9.17) is 4.74 Å². The molecule has 0 unspecified atom stereocenters. The van der Waals surface area contributed by atoms with Gasteiger partial charge in [0.1, 0.15) is 11.6 Å². The van der Waals surface area contributed by atoms with Crippen molar-refractivity contribution >= 4 is 17.4 Å². The molecule has 5 heteroatoms. The Labute approximate surface area is 153 Å². The van der Waals surface area contributed by atoms with E-state index in [-0.39, 0.29) is 5.91 Å². The summed E-state index contributed by atoms with van der Waals surface area (Å²) in [5.41, 5.74) is 3.90. The van der Waals surface area contributed by atoms with E-state index < -0.39 is 0 Å². The molecular weight excluding hydrogens is 326 g/mol. The van der Waals surface area contributed by atoms with Crippen molar-refractivity contribution in [3.8, 4) is 5.75 Å². The molecule has 132 valence electrons. The fraction of sp³-hybridized carbons (Fsp3) is 0.143. The van der Waals surface area contributed by atoms with Crippen LogP contribution >= 0.6 is 0 Å². The van der Waals surface area contributed by atoms with Crippen LogP contribution in [-0.2, 0) is 6.54 Å². The third kappa shape index (κ3) is 4.39. The van der Waals surface area contributed by atoms with Crippen LogP contribution in [0.2, 0.25) is 0 Å². The summed E-state index contributed by atoms with van der Waals surface area (Å²) in [5, 5.41) is 6.12. The molecule has 0 saturated heterocycles. The van der Waals surface area contributed by atoms with Crippen molar-refractivity contribution in [2.75, 3.05) is 17.7 Å². The van der Waals surface area contributed by atoms with Crippen LogP contribution in [0.3, 0.4) is 0 Å². The molecule has 2 N–H and O–H groups in total. The number of aromatic nitrogens is 1. The molecule has 1 amide bonds. The minimum atomic E-state index is -0.225. The van der Waals surface area contributed by atoms with Gasteiger partial charge in [0.2, 0.25) is 0 Å². The van der Waals surface area contributed by atoms with E-state index in [0.717, 1.165) is 12.2 Å². The lowest BCUT2D eigenvalue weighted by Crippen LogP contribution is -2.13. The van der Waals surface area contributed by atoms with Gasteiger partial charge in [-0.25, -0.2) is 4.98 Å². The van der Waals surface area contributed by atoms with Gasteiger partial charge in [-0.3, -0.25) is 4.79 Å². The van der Waals surface area contributed by atoms with E-state index in [1.807, 2.05) is 18.2 Å². The van der Waals surface area contributed by atoms with E-state index in [2.05, 4.69) is 34.7 Å². The third-order valence-electron chi connectivity index (χ3n) is 4.08. The Morgan fingerprint density at radius 2 is 1.92 bits per heavy atom. The number of aryl methyl sites for hydroxylation is 1.